The van der Waals surface area contributed by atoms with Crippen LogP contribution in [0.1, 0.15) is 31.4 Å². The first-order valence-electron chi connectivity index (χ1n) is 8.26. The zero-order valence-electron chi connectivity index (χ0n) is 14.5. The van der Waals surface area contributed by atoms with E-state index in [1.54, 1.807) is 6.08 Å². The molecule has 128 valence electrons. The van der Waals surface area contributed by atoms with Gasteiger partial charge < -0.3 is 14.6 Å². The SMILES string of the molecule is C=CCOc1ccc(C(C)(C)c2ccc(OCCCO)cc2)cc1. The summed E-state index contributed by atoms with van der Waals surface area (Å²) >= 11 is 0. The van der Waals surface area contributed by atoms with E-state index in [2.05, 4.69) is 44.7 Å². The number of hydrogen-bond acceptors (Lipinski definition) is 3. The molecule has 2 aromatic carbocycles. The third-order valence-electron chi connectivity index (χ3n) is 4.09. The highest BCUT2D eigenvalue weighted by atomic mass is 16.5. The minimum Gasteiger partial charge on any atom is -0.494 e. The maximum atomic E-state index is 8.79. The summed E-state index contributed by atoms with van der Waals surface area (Å²) in [6.45, 7) is 9.26. The monoisotopic (exact) mass is 326 g/mol. The molecule has 3 nitrogen and oxygen atoms in total. The Morgan fingerprint density at radius 1 is 0.917 bits per heavy atom. The minimum atomic E-state index is -0.111. The van der Waals surface area contributed by atoms with Gasteiger partial charge in [-0.2, -0.15) is 0 Å². The van der Waals surface area contributed by atoms with Gasteiger partial charge in [0.25, 0.3) is 0 Å². The summed E-state index contributed by atoms with van der Waals surface area (Å²) in [5.41, 5.74) is 2.33. The van der Waals surface area contributed by atoms with Crippen LogP contribution in [0.4, 0.5) is 0 Å². The van der Waals surface area contributed by atoms with Crippen molar-refractivity contribution < 1.29 is 14.6 Å². The van der Waals surface area contributed by atoms with E-state index in [9.17, 15) is 0 Å². The normalized spacial score (nSPS) is 11.1. The van der Waals surface area contributed by atoms with Gasteiger partial charge >= 0.3 is 0 Å². The molecule has 24 heavy (non-hydrogen) atoms. The second-order valence-electron chi connectivity index (χ2n) is 6.20. The molecule has 0 unspecified atom stereocenters. The van der Waals surface area contributed by atoms with Gasteiger partial charge in [0.1, 0.15) is 18.1 Å². The summed E-state index contributed by atoms with van der Waals surface area (Å²) in [7, 11) is 0. The van der Waals surface area contributed by atoms with Crippen LogP contribution in [0, 0.1) is 0 Å². The van der Waals surface area contributed by atoms with Gasteiger partial charge in [0.15, 0.2) is 0 Å². The van der Waals surface area contributed by atoms with Crippen molar-refractivity contribution in [1.29, 1.82) is 0 Å². The molecule has 1 N–H and O–H groups in total. The second-order valence-corrected chi connectivity index (χ2v) is 6.20. The van der Waals surface area contributed by atoms with Crippen LogP contribution in [-0.2, 0) is 5.41 Å². The van der Waals surface area contributed by atoms with Gasteiger partial charge in [0, 0.05) is 18.4 Å². The third-order valence-corrected chi connectivity index (χ3v) is 4.09. The van der Waals surface area contributed by atoms with Crippen molar-refractivity contribution >= 4 is 0 Å². The standard InChI is InChI=1S/C21H26O3/c1-4-15-23-19-10-6-17(7-11-19)21(2,3)18-8-12-20(13-9-18)24-16-5-14-22/h4,6-13,22H,1,5,14-16H2,2-3H3. The molecule has 0 heterocycles. The van der Waals surface area contributed by atoms with Crippen molar-refractivity contribution in [2.24, 2.45) is 0 Å². The molecule has 0 aliphatic heterocycles. The first kappa shape index (κ1) is 18.1. The van der Waals surface area contributed by atoms with Crippen LogP contribution in [0.15, 0.2) is 61.2 Å². The molecular weight excluding hydrogens is 300 g/mol. The van der Waals surface area contributed by atoms with E-state index in [4.69, 9.17) is 14.6 Å². The maximum Gasteiger partial charge on any atom is 0.119 e. The van der Waals surface area contributed by atoms with Crippen LogP contribution >= 0.6 is 0 Å². The molecule has 0 aliphatic carbocycles. The van der Waals surface area contributed by atoms with E-state index in [0.29, 0.717) is 19.6 Å². The average Bonchev–Trinajstić information content (AvgIpc) is 2.61. The molecule has 0 atom stereocenters. The highest BCUT2D eigenvalue weighted by Gasteiger charge is 2.23. The lowest BCUT2D eigenvalue weighted by molar-refractivity contribution is 0.233. The summed E-state index contributed by atoms with van der Waals surface area (Å²) in [5, 5.41) is 8.79. The fraction of sp³-hybridized carbons (Fsp3) is 0.333. The van der Waals surface area contributed by atoms with Crippen molar-refractivity contribution in [3.8, 4) is 11.5 Å². The van der Waals surface area contributed by atoms with Gasteiger partial charge in [-0.15, -0.1) is 0 Å². The second kappa shape index (κ2) is 8.55. The Bertz CT molecular complexity index is 627. The highest BCUT2D eigenvalue weighted by Crippen LogP contribution is 2.33. The fourth-order valence-corrected chi connectivity index (χ4v) is 2.51. The van der Waals surface area contributed by atoms with E-state index >= 15 is 0 Å². The minimum absolute atomic E-state index is 0.111. The lowest BCUT2D eigenvalue weighted by Gasteiger charge is -2.26. The highest BCUT2D eigenvalue weighted by molar-refractivity contribution is 5.41. The first-order valence-corrected chi connectivity index (χ1v) is 8.26. The molecular formula is C21H26O3. The largest absolute Gasteiger partial charge is 0.494 e. The lowest BCUT2D eigenvalue weighted by Crippen LogP contribution is -2.18. The Kier molecular flexibility index (Phi) is 6.44. The molecule has 0 fully saturated rings. The molecule has 0 amide bonds. The number of rotatable bonds is 9. The van der Waals surface area contributed by atoms with Crippen molar-refractivity contribution in [2.45, 2.75) is 25.7 Å². The van der Waals surface area contributed by atoms with Gasteiger partial charge in [-0.25, -0.2) is 0 Å². The molecule has 0 bridgehead atoms. The predicted molar refractivity (Wildman–Crippen MR) is 97.9 cm³/mol. The first-order chi connectivity index (χ1) is 11.6. The Labute approximate surface area is 144 Å². The molecule has 0 saturated carbocycles. The van der Waals surface area contributed by atoms with E-state index in [-0.39, 0.29) is 12.0 Å². The van der Waals surface area contributed by atoms with Crippen LogP contribution < -0.4 is 9.47 Å². The Morgan fingerprint density at radius 2 is 1.42 bits per heavy atom. The summed E-state index contributed by atoms with van der Waals surface area (Å²) in [4.78, 5) is 0. The molecule has 0 radical (unpaired) electrons. The number of benzene rings is 2. The predicted octanol–water partition coefficient (Wildman–Crippen LogP) is 4.34. The van der Waals surface area contributed by atoms with E-state index in [1.165, 1.54) is 11.1 Å². The van der Waals surface area contributed by atoms with Crippen molar-refractivity contribution in [1.82, 2.24) is 0 Å². The van der Waals surface area contributed by atoms with E-state index in [0.717, 1.165) is 11.5 Å². The van der Waals surface area contributed by atoms with Gasteiger partial charge in [0.05, 0.1) is 6.61 Å². The van der Waals surface area contributed by atoms with Gasteiger partial charge in [-0.1, -0.05) is 50.8 Å². The number of aliphatic hydroxyl groups excluding tert-OH is 1. The fourth-order valence-electron chi connectivity index (χ4n) is 2.51. The molecule has 0 saturated heterocycles. The summed E-state index contributed by atoms with van der Waals surface area (Å²) in [5.74, 6) is 1.68. The Morgan fingerprint density at radius 3 is 1.88 bits per heavy atom. The average molecular weight is 326 g/mol. The van der Waals surface area contributed by atoms with Gasteiger partial charge in [0.2, 0.25) is 0 Å². The zero-order chi connectivity index (χ0) is 17.4. The maximum absolute atomic E-state index is 8.79. The number of ether oxygens (including phenoxy) is 2. The Balaban J connectivity index is 2.09. The number of hydrogen-bond donors (Lipinski definition) is 1. The van der Waals surface area contributed by atoms with Crippen LogP contribution in [0.25, 0.3) is 0 Å². The Hall–Kier alpha value is -2.26. The van der Waals surface area contributed by atoms with Gasteiger partial charge in [-0.05, 0) is 35.4 Å². The summed E-state index contributed by atoms with van der Waals surface area (Å²) < 4.78 is 11.1. The summed E-state index contributed by atoms with van der Waals surface area (Å²) in [6, 6.07) is 16.3. The number of aliphatic hydroxyl groups is 1. The molecule has 2 rings (SSSR count). The van der Waals surface area contributed by atoms with E-state index in [1.807, 2.05) is 24.3 Å². The van der Waals surface area contributed by atoms with Crippen LogP contribution in [-0.4, -0.2) is 24.9 Å². The van der Waals surface area contributed by atoms with Crippen molar-refractivity contribution in [3.63, 3.8) is 0 Å². The smallest absolute Gasteiger partial charge is 0.119 e. The molecule has 3 heteroatoms. The molecule has 0 spiro atoms. The van der Waals surface area contributed by atoms with Crippen molar-refractivity contribution in [2.75, 3.05) is 19.8 Å². The topological polar surface area (TPSA) is 38.7 Å². The summed E-state index contributed by atoms with van der Waals surface area (Å²) in [6.07, 6.45) is 2.38. The molecule has 0 aromatic heterocycles. The van der Waals surface area contributed by atoms with Crippen LogP contribution in [0.3, 0.4) is 0 Å². The van der Waals surface area contributed by atoms with Crippen molar-refractivity contribution in [3.05, 3.63) is 72.3 Å². The molecule has 2 aromatic rings. The van der Waals surface area contributed by atoms with Gasteiger partial charge in [-0.3, -0.25) is 0 Å². The zero-order valence-corrected chi connectivity index (χ0v) is 14.5. The van der Waals surface area contributed by atoms with Crippen LogP contribution in [0.5, 0.6) is 11.5 Å². The lowest BCUT2D eigenvalue weighted by atomic mass is 9.78. The van der Waals surface area contributed by atoms with Crippen LogP contribution in [0.2, 0.25) is 0 Å². The third kappa shape index (κ3) is 4.62. The quantitative estimate of drug-likeness (QED) is 0.550. The molecule has 0 aliphatic rings. The van der Waals surface area contributed by atoms with E-state index < -0.39 is 0 Å².